The molecule has 0 N–H and O–H groups in total. The molecule has 8 unspecified atom stereocenters. The molecule has 31 heavy (non-hydrogen) atoms. The Labute approximate surface area is 201 Å². The average Bonchev–Trinajstić information content (AvgIpc) is 2.76. The summed E-state index contributed by atoms with van der Waals surface area (Å²) in [5.74, 6) is 6.41. The first kappa shape index (κ1) is 29.8. The van der Waals surface area contributed by atoms with Gasteiger partial charge < -0.3 is 13.6 Å². The molecule has 0 saturated heterocycles. The fraction of sp³-hybridized carbons (Fsp3) is 0.455. The lowest BCUT2D eigenvalue weighted by molar-refractivity contribution is 0.116. The number of allylic oxidation sites excluding steroid dienone is 1. The molecule has 0 aliphatic rings. The van der Waals surface area contributed by atoms with Gasteiger partial charge in [-0.05, 0) is 24.0 Å². The maximum Gasteiger partial charge on any atom is 0.107 e. The number of unbranched alkanes of at least 4 members (excludes halogenated alkanes) is 1. The Morgan fingerprint density at radius 1 is 1.16 bits per heavy atom. The summed E-state index contributed by atoms with van der Waals surface area (Å²) >= 11 is 0. The van der Waals surface area contributed by atoms with E-state index in [0.29, 0.717) is 14.9 Å². The van der Waals surface area contributed by atoms with Crippen molar-refractivity contribution in [2.75, 3.05) is 0 Å². The summed E-state index contributed by atoms with van der Waals surface area (Å²) < 4.78 is 17.9. The second-order valence-electron chi connectivity index (χ2n) is 6.72. The summed E-state index contributed by atoms with van der Waals surface area (Å²) in [5, 5.41) is 0. The molecule has 0 aromatic heterocycles. The molecule has 9 heteroatoms. The Morgan fingerprint density at radius 2 is 1.94 bits per heavy atom. The van der Waals surface area contributed by atoms with Crippen molar-refractivity contribution in [1.82, 2.24) is 0 Å². The normalized spacial score (nSPS) is 15.1. The van der Waals surface area contributed by atoms with Gasteiger partial charge in [0, 0.05) is 30.8 Å². The van der Waals surface area contributed by atoms with Crippen molar-refractivity contribution in [1.29, 1.82) is 0 Å². The van der Waals surface area contributed by atoms with Crippen LogP contribution in [0, 0.1) is 11.8 Å². The largest absolute Gasteiger partial charge is 0.359 e. The number of hydrogen-bond donors (Lipinski definition) is 0. The molecule has 0 fully saturated rings. The standard InChI is InChI=1S/C22H36O3P6/c1-3-5-7-9-15-21(23-26)22(24-30-27)17-16-18-12-10-11-13-19(18)20(25-31(28)29)14-8-6-4-2/h7,9-13,16-17,20-22,30H,3-5,14-15,26-29H2,1-2H3/b9-7-,17-16+. The van der Waals surface area contributed by atoms with E-state index in [-0.39, 0.29) is 18.3 Å². The summed E-state index contributed by atoms with van der Waals surface area (Å²) in [6, 6.07) is 8.33. The van der Waals surface area contributed by atoms with Crippen molar-refractivity contribution >= 4 is 58.4 Å². The van der Waals surface area contributed by atoms with E-state index in [2.05, 4.69) is 104 Å². The summed E-state index contributed by atoms with van der Waals surface area (Å²) in [4.78, 5) is 0. The predicted molar refractivity (Wildman–Crippen MR) is 154 cm³/mol. The Bertz CT molecular complexity index is 729. The first-order valence-electron chi connectivity index (χ1n) is 10.4. The van der Waals surface area contributed by atoms with Gasteiger partial charge in [0.15, 0.2) is 0 Å². The molecule has 0 radical (unpaired) electrons. The van der Waals surface area contributed by atoms with Crippen molar-refractivity contribution in [2.24, 2.45) is 0 Å². The monoisotopic (exact) mass is 534 g/mol. The molecule has 0 aliphatic heterocycles. The second-order valence-corrected chi connectivity index (χ2v) is 13.9. The van der Waals surface area contributed by atoms with Crippen LogP contribution in [0.1, 0.15) is 63.2 Å². The quantitative estimate of drug-likeness (QED) is 0.137. The van der Waals surface area contributed by atoms with Crippen LogP contribution in [0.25, 0.3) is 6.08 Å². The third kappa shape index (κ3) is 12.7. The molecule has 8 atom stereocenters. The SMILES string of the molecule is CCC#CCC(OP(P)P)c1ccccc1/C=C/C(OPP)C(C/C=C\CCC)OP. The number of benzene rings is 1. The molecule has 0 bridgehead atoms. The Hall–Kier alpha value is 0.720. The highest BCUT2D eigenvalue weighted by Gasteiger charge is 2.20. The number of rotatable bonds is 14. The van der Waals surface area contributed by atoms with Gasteiger partial charge in [0.05, 0.1) is 19.7 Å². The smallest absolute Gasteiger partial charge is 0.107 e. The van der Waals surface area contributed by atoms with Gasteiger partial charge >= 0.3 is 0 Å². The van der Waals surface area contributed by atoms with Gasteiger partial charge in [-0.3, -0.25) is 0 Å². The summed E-state index contributed by atoms with van der Waals surface area (Å²) in [6.07, 6.45) is 12.9. The van der Waals surface area contributed by atoms with E-state index >= 15 is 0 Å². The minimum atomic E-state index is -0.663. The van der Waals surface area contributed by atoms with Gasteiger partial charge in [0.1, 0.15) is 6.10 Å². The van der Waals surface area contributed by atoms with Crippen molar-refractivity contribution in [3.05, 3.63) is 53.6 Å². The van der Waals surface area contributed by atoms with Crippen LogP contribution in [0.5, 0.6) is 0 Å². The van der Waals surface area contributed by atoms with E-state index in [0.717, 1.165) is 36.8 Å². The molecule has 172 valence electrons. The number of hydrogen-bond acceptors (Lipinski definition) is 3. The Kier molecular flexibility index (Phi) is 18.3. The molecule has 3 nitrogen and oxygen atoms in total. The highest BCUT2D eigenvalue weighted by atomic mass is 32.4. The van der Waals surface area contributed by atoms with Gasteiger partial charge in [-0.15, -0.1) is 11.8 Å². The molecule has 0 saturated carbocycles. The van der Waals surface area contributed by atoms with Crippen molar-refractivity contribution < 1.29 is 13.6 Å². The topological polar surface area (TPSA) is 27.7 Å². The zero-order valence-electron chi connectivity index (χ0n) is 18.4. The molecule has 0 spiro atoms. The molecule has 1 aromatic rings. The zero-order valence-corrected chi connectivity index (χ0v) is 24.9. The van der Waals surface area contributed by atoms with E-state index in [1.807, 2.05) is 6.07 Å². The van der Waals surface area contributed by atoms with Gasteiger partial charge in [0.25, 0.3) is 0 Å². The maximum atomic E-state index is 6.21. The van der Waals surface area contributed by atoms with Crippen LogP contribution in [0.3, 0.4) is 0 Å². The predicted octanol–water partition coefficient (Wildman–Crippen LogP) is 8.23. The minimum Gasteiger partial charge on any atom is -0.359 e. The van der Waals surface area contributed by atoms with Crippen LogP contribution in [0.4, 0.5) is 0 Å². The summed E-state index contributed by atoms with van der Waals surface area (Å²) in [7, 11) is 10.2. The highest BCUT2D eigenvalue weighted by molar-refractivity contribution is 8.41. The fourth-order valence-electron chi connectivity index (χ4n) is 2.89. The van der Waals surface area contributed by atoms with Crippen LogP contribution in [0.15, 0.2) is 42.5 Å². The minimum absolute atomic E-state index is 0.0658. The molecule has 0 aliphatic carbocycles. The van der Waals surface area contributed by atoms with Gasteiger partial charge in [-0.1, -0.05) is 95.6 Å². The molecule has 1 aromatic carbocycles. The third-order valence-corrected chi connectivity index (χ3v) is 6.78. The lowest BCUT2D eigenvalue weighted by Gasteiger charge is -2.23. The zero-order chi connectivity index (χ0) is 22.9. The van der Waals surface area contributed by atoms with E-state index in [9.17, 15) is 0 Å². The Balaban J connectivity index is 3.10. The first-order chi connectivity index (χ1) is 15.1. The van der Waals surface area contributed by atoms with E-state index in [1.165, 1.54) is 0 Å². The third-order valence-electron chi connectivity index (χ3n) is 4.38. The van der Waals surface area contributed by atoms with Crippen LogP contribution >= 0.6 is 52.3 Å². The van der Waals surface area contributed by atoms with E-state index in [1.54, 1.807) is 0 Å². The van der Waals surface area contributed by atoms with Gasteiger partial charge in [-0.2, -0.15) is 0 Å². The second kappa shape index (κ2) is 19.1. The lowest BCUT2D eigenvalue weighted by Crippen LogP contribution is -2.24. The van der Waals surface area contributed by atoms with Crippen LogP contribution in [-0.4, -0.2) is 12.2 Å². The molecular weight excluding hydrogens is 498 g/mol. The summed E-state index contributed by atoms with van der Waals surface area (Å²) in [5.41, 5.74) is 2.25. The molecule has 1 rings (SSSR count). The van der Waals surface area contributed by atoms with Crippen LogP contribution < -0.4 is 0 Å². The molecule has 0 heterocycles. The van der Waals surface area contributed by atoms with Crippen molar-refractivity contribution in [3.8, 4) is 11.8 Å². The maximum absolute atomic E-state index is 6.21. The summed E-state index contributed by atoms with van der Waals surface area (Å²) in [6.45, 7) is 4.24. The molecule has 0 amide bonds. The van der Waals surface area contributed by atoms with Gasteiger partial charge in [0.2, 0.25) is 0 Å². The first-order valence-corrected chi connectivity index (χ1v) is 18.1. The fourth-order valence-corrected chi connectivity index (χ4v) is 5.38. The lowest BCUT2D eigenvalue weighted by atomic mass is 9.99. The van der Waals surface area contributed by atoms with Crippen LogP contribution in [-0.2, 0) is 13.6 Å². The van der Waals surface area contributed by atoms with Gasteiger partial charge in [-0.25, -0.2) is 0 Å². The average molecular weight is 534 g/mol. The van der Waals surface area contributed by atoms with Crippen molar-refractivity contribution in [2.45, 2.75) is 64.3 Å². The Morgan fingerprint density at radius 3 is 2.58 bits per heavy atom. The van der Waals surface area contributed by atoms with Crippen LogP contribution in [0.2, 0.25) is 0 Å². The molecular formula is C22H36O3P6. The highest BCUT2D eigenvalue weighted by Crippen LogP contribution is 2.57. The van der Waals surface area contributed by atoms with E-state index < -0.39 is 7.53 Å². The van der Waals surface area contributed by atoms with Crippen molar-refractivity contribution in [3.63, 3.8) is 0 Å². The van der Waals surface area contributed by atoms with E-state index in [4.69, 9.17) is 13.6 Å².